The second kappa shape index (κ2) is 6.81. The molecule has 0 spiro atoms. The van der Waals surface area contributed by atoms with Crippen LogP contribution in [0.4, 0.5) is 0 Å². The summed E-state index contributed by atoms with van der Waals surface area (Å²) >= 11 is 0. The molecule has 4 atom stereocenters. The van der Waals surface area contributed by atoms with Gasteiger partial charge in [0.1, 0.15) is 5.78 Å². The maximum Gasteiger partial charge on any atom is 0.309 e. The van der Waals surface area contributed by atoms with E-state index < -0.39 is 30.0 Å². The summed E-state index contributed by atoms with van der Waals surface area (Å²) in [5.74, 6) is -2.50. The van der Waals surface area contributed by atoms with Gasteiger partial charge in [0, 0.05) is 6.42 Å². The quantitative estimate of drug-likeness (QED) is 0.816. The summed E-state index contributed by atoms with van der Waals surface area (Å²) in [7, 11) is 1.25. The highest BCUT2D eigenvalue weighted by molar-refractivity contribution is 5.90. The highest BCUT2D eigenvalue weighted by Gasteiger charge is 2.49. The van der Waals surface area contributed by atoms with E-state index in [1.54, 1.807) is 0 Å². The van der Waals surface area contributed by atoms with Crippen LogP contribution in [0.3, 0.4) is 0 Å². The van der Waals surface area contributed by atoms with E-state index in [0.29, 0.717) is 0 Å². The predicted octanol–water partition coefficient (Wildman–Crippen LogP) is 1.25. The maximum atomic E-state index is 12.7. The lowest BCUT2D eigenvalue weighted by Crippen LogP contribution is -2.36. The van der Waals surface area contributed by atoms with Crippen LogP contribution in [0.25, 0.3) is 0 Å². The summed E-state index contributed by atoms with van der Waals surface area (Å²) in [6, 6.07) is 4.01. The van der Waals surface area contributed by atoms with Gasteiger partial charge in [-0.15, -0.1) is 0 Å². The van der Waals surface area contributed by atoms with Crippen molar-refractivity contribution < 1.29 is 24.5 Å². The van der Waals surface area contributed by atoms with Crippen LogP contribution in [-0.2, 0) is 20.7 Å². The lowest BCUT2D eigenvalue weighted by Gasteiger charge is -2.20. The topological polar surface area (TPSA) is 83.8 Å². The van der Waals surface area contributed by atoms with Crippen molar-refractivity contribution in [2.75, 3.05) is 7.11 Å². The van der Waals surface area contributed by atoms with Gasteiger partial charge in [-0.05, 0) is 43.9 Å². The van der Waals surface area contributed by atoms with E-state index in [9.17, 15) is 19.8 Å². The SMILES string of the molecule is COC(=O)C1CC(O)C(O)C1C(=O)Cc1c(C)cc(C)cc1C. The van der Waals surface area contributed by atoms with Crippen LogP contribution >= 0.6 is 0 Å². The summed E-state index contributed by atoms with van der Waals surface area (Å²) in [5, 5.41) is 20.0. The molecule has 5 heteroatoms. The number of methoxy groups -OCH3 is 1. The summed E-state index contributed by atoms with van der Waals surface area (Å²) < 4.78 is 4.71. The molecule has 0 saturated heterocycles. The van der Waals surface area contributed by atoms with Gasteiger partial charge in [0.15, 0.2) is 0 Å². The zero-order valence-corrected chi connectivity index (χ0v) is 14.0. The number of carbonyl (C=O) groups is 2. The van der Waals surface area contributed by atoms with Crippen molar-refractivity contribution in [3.05, 3.63) is 34.4 Å². The molecule has 0 heterocycles. The van der Waals surface area contributed by atoms with Crippen LogP contribution in [0.1, 0.15) is 28.7 Å². The van der Waals surface area contributed by atoms with Crippen LogP contribution in [0.2, 0.25) is 0 Å². The smallest absolute Gasteiger partial charge is 0.309 e. The van der Waals surface area contributed by atoms with Gasteiger partial charge in [0.25, 0.3) is 0 Å². The zero-order valence-electron chi connectivity index (χ0n) is 14.0. The molecule has 1 aliphatic carbocycles. The fourth-order valence-electron chi connectivity index (χ4n) is 3.61. The van der Waals surface area contributed by atoms with Gasteiger partial charge in [-0.2, -0.15) is 0 Å². The van der Waals surface area contributed by atoms with E-state index in [-0.39, 0.29) is 18.6 Å². The number of carbonyl (C=O) groups excluding carboxylic acids is 2. The highest BCUT2D eigenvalue weighted by Crippen LogP contribution is 2.35. The minimum atomic E-state index is -1.22. The molecule has 2 rings (SSSR count). The molecule has 4 unspecified atom stereocenters. The molecular weight excluding hydrogens is 296 g/mol. The molecule has 0 aromatic heterocycles. The average molecular weight is 320 g/mol. The Balaban J connectivity index is 2.27. The van der Waals surface area contributed by atoms with E-state index in [1.165, 1.54) is 7.11 Å². The Morgan fingerprint density at radius 3 is 2.26 bits per heavy atom. The van der Waals surface area contributed by atoms with Gasteiger partial charge >= 0.3 is 5.97 Å². The van der Waals surface area contributed by atoms with Crippen molar-refractivity contribution in [1.29, 1.82) is 0 Å². The molecule has 126 valence electrons. The van der Waals surface area contributed by atoms with Crippen molar-refractivity contribution in [3.8, 4) is 0 Å². The standard InChI is InChI=1S/C18H24O5/c1-9-5-10(2)12(11(3)6-9)7-14(19)16-13(18(22)23-4)8-15(20)17(16)21/h5-6,13,15-17,20-21H,7-8H2,1-4H3. The molecule has 1 fully saturated rings. The molecule has 1 aliphatic rings. The third-order valence-electron chi connectivity index (χ3n) is 4.76. The van der Waals surface area contributed by atoms with Crippen molar-refractivity contribution in [2.24, 2.45) is 11.8 Å². The van der Waals surface area contributed by atoms with Crippen molar-refractivity contribution in [1.82, 2.24) is 0 Å². The minimum Gasteiger partial charge on any atom is -0.469 e. The number of hydrogen-bond donors (Lipinski definition) is 2. The first-order valence-electron chi connectivity index (χ1n) is 7.79. The fraction of sp³-hybridized carbons (Fsp3) is 0.556. The summed E-state index contributed by atoms with van der Waals surface area (Å²) in [6.45, 7) is 5.89. The first-order valence-corrected chi connectivity index (χ1v) is 7.79. The summed E-state index contributed by atoms with van der Waals surface area (Å²) in [5.41, 5.74) is 4.06. The Morgan fingerprint density at radius 2 is 1.74 bits per heavy atom. The number of aryl methyl sites for hydroxylation is 3. The first kappa shape index (κ1) is 17.6. The molecule has 1 saturated carbocycles. The molecule has 2 N–H and O–H groups in total. The largest absolute Gasteiger partial charge is 0.469 e. The molecule has 1 aromatic carbocycles. The lowest BCUT2D eigenvalue weighted by molar-refractivity contribution is -0.150. The number of ketones is 1. The van der Waals surface area contributed by atoms with E-state index in [2.05, 4.69) is 0 Å². The number of benzene rings is 1. The number of rotatable bonds is 4. The van der Waals surface area contributed by atoms with Crippen molar-refractivity contribution >= 4 is 11.8 Å². The van der Waals surface area contributed by atoms with E-state index in [4.69, 9.17) is 4.74 Å². The zero-order chi connectivity index (χ0) is 17.3. The molecule has 0 radical (unpaired) electrons. The molecular formula is C18H24O5. The molecule has 0 aliphatic heterocycles. The Bertz CT molecular complexity index is 599. The number of hydrogen-bond acceptors (Lipinski definition) is 5. The van der Waals surface area contributed by atoms with Gasteiger partial charge in [-0.25, -0.2) is 0 Å². The number of Topliss-reactive ketones (excluding diaryl/α,β-unsaturated/α-hetero) is 1. The third-order valence-corrected chi connectivity index (χ3v) is 4.76. The van der Waals surface area contributed by atoms with Crippen molar-refractivity contribution in [3.63, 3.8) is 0 Å². The average Bonchev–Trinajstić information content (AvgIpc) is 2.77. The molecule has 0 amide bonds. The van der Waals surface area contributed by atoms with E-state index in [1.807, 2.05) is 32.9 Å². The van der Waals surface area contributed by atoms with E-state index in [0.717, 1.165) is 22.3 Å². The Morgan fingerprint density at radius 1 is 1.17 bits per heavy atom. The predicted molar refractivity (Wildman–Crippen MR) is 85.0 cm³/mol. The fourth-order valence-corrected chi connectivity index (χ4v) is 3.61. The molecule has 23 heavy (non-hydrogen) atoms. The Labute approximate surface area is 136 Å². The van der Waals surface area contributed by atoms with Crippen LogP contribution < -0.4 is 0 Å². The lowest BCUT2D eigenvalue weighted by atomic mass is 9.85. The van der Waals surface area contributed by atoms with Crippen LogP contribution in [0.5, 0.6) is 0 Å². The number of esters is 1. The number of aliphatic hydroxyl groups is 2. The van der Waals surface area contributed by atoms with Gasteiger partial charge in [0.2, 0.25) is 0 Å². The third kappa shape index (κ3) is 3.46. The van der Waals surface area contributed by atoms with Gasteiger partial charge < -0.3 is 14.9 Å². The van der Waals surface area contributed by atoms with Crippen LogP contribution in [0, 0.1) is 32.6 Å². The normalized spacial score (nSPS) is 27.0. The number of aliphatic hydroxyl groups excluding tert-OH is 2. The molecule has 0 bridgehead atoms. The maximum absolute atomic E-state index is 12.7. The van der Waals surface area contributed by atoms with Gasteiger partial charge in [-0.1, -0.05) is 17.7 Å². The number of ether oxygens (including phenoxy) is 1. The highest BCUT2D eigenvalue weighted by atomic mass is 16.5. The van der Waals surface area contributed by atoms with E-state index >= 15 is 0 Å². The second-order valence-corrected chi connectivity index (χ2v) is 6.47. The summed E-state index contributed by atoms with van der Waals surface area (Å²) in [4.78, 5) is 24.6. The van der Waals surface area contributed by atoms with Gasteiger partial charge in [0.05, 0.1) is 31.2 Å². The Hall–Kier alpha value is -1.72. The van der Waals surface area contributed by atoms with Gasteiger partial charge in [-0.3, -0.25) is 9.59 Å². The molecule has 1 aromatic rings. The summed E-state index contributed by atoms with van der Waals surface area (Å²) in [6.07, 6.45) is -2.11. The first-order chi connectivity index (χ1) is 10.8. The molecule has 5 nitrogen and oxygen atoms in total. The second-order valence-electron chi connectivity index (χ2n) is 6.47. The monoisotopic (exact) mass is 320 g/mol. The minimum absolute atomic E-state index is 0.0517. The van der Waals surface area contributed by atoms with Crippen LogP contribution in [0.15, 0.2) is 12.1 Å². The van der Waals surface area contributed by atoms with Crippen molar-refractivity contribution in [2.45, 2.75) is 45.8 Å². The Kier molecular flexibility index (Phi) is 5.22. The van der Waals surface area contributed by atoms with Crippen LogP contribution in [-0.4, -0.2) is 41.3 Å².